The molecule has 0 heterocycles. The van der Waals surface area contributed by atoms with Crippen molar-refractivity contribution < 1.29 is 0 Å². The molecule has 0 N–H and O–H groups in total. The minimum atomic E-state index is -0.392. The van der Waals surface area contributed by atoms with Gasteiger partial charge in [0.1, 0.15) is 0 Å². The maximum absolute atomic E-state index is 6.23. The topological polar surface area (TPSA) is 0 Å². The zero-order chi connectivity index (χ0) is 19.8. The molecule has 0 nitrogen and oxygen atoms in total. The largest absolute Gasteiger partial charge is 0.122 e. The summed E-state index contributed by atoms with van der Waals surface area (Å²) in [6.45, 7) is 0. The van der Waals surface area contributed by atoms with Crippen LogP contribution in [0.2, 0.25) is 0 Å². The van der Waals surface area contributed by atoms with Crippen LogP contribution in [0.3, 0.4) is 0 Å². The molecule has 0 atom stereocenters. The summed E-state index contributed by atoms with van der Waals surface area (Å²) in [6, 6.07) is 34.8. The van der Waals surface area contributed by atoms with Gasteiger partial charge in [-0.1, -0.05) is 97.1 Å². The summed E-state index contributed by atoms with van der Waals surface area (Å²) in [5.74, 6) is 0.990. The predicted octanol–water partition coefficient (Wildman–Crippen LogP) is 7.53. The van der Waals surface area contributed by atoms with Crippen LogP contribution < -0.4 is 0 Å². The number of hydrogen-bond acceptors (Lipinski definition) is 0. The minimum absolute atomic E-state index is 0.392. The highest BCUT2D eigenvalue weighted by molar-refractivity contribution is 6.17. The Kier molecular flexibility index (Phi) is 4.70. The van der Waals surface area contributed by atoms with Crippen LogP contribution in [0, 0.1) is 0 Å². The third kappa shape index (κ3) is 2.74. The molecule has 4 aromatic rings. The molecule has 29 heavy (non-hydrogen) atoms. The zero-order valence-corrected chi connectivity index (χ0v) is 17.4. The average Bonchev–Trinajstić information content (AvgIpc) is 3.10. The summed E-state index contributed by atoms with van der Waals surface area (Å²) in [6.07, 6.45) is 0. The molecular formula is C27H20Cl2. The fourth-order valence-electron chi connectivity index (χ4n) is 4.80. The first-order chi connectivity index (χ1) is 14.3. The molecule has 0 fully saturated rings. The third-order valence-corrected chi connectivity index (χ3v) is 6.60. The van der Waals surface area contributed by atoms with E-state index in [-0.39, 0.29) is 0 Å². The van der Waals surface area contributed by atoms with E-state index in [1.165, 1.54) is 33.4 Å². The quantitative estimate of drug-likeness (QED) is 0.266. The standard InChI is InChI=1S/C27H20Cl2/c28-17-19-7-5-9-21(15-19)27(22-10-6-8-20(16-22)18-29)25-13-3-1-11-23(25)24-12-2-4-14-26(24)27/h1-16H,17-18H2. The number of fused-ring (bicyclic) bond motifs is 3. The Balaban J connectivity index is 1.94. The first-order valence-corrected chi connectivity index (χ1v) is 10.9. The van der Waals surface area contributed by atoms with Crippen molar-refractivity contribution in [2.75, 3.05) is 0 Å². The van der Waals surface area contributed by atoms with Crippen LogP contribution in [0.5, 0.6) is 0 Å². The van der Waals surface area contributed by atoms with Gasteiger partial charge in [0, 0.05) is 11.8 Å². The smallest absolute Gasteiger partial charge is 0.0713 e. The van der Waals surface area contributed by atoms with Crippen molar-refractivity contribution in [3.05, 3.63) is 130 Å². The molecule has 0 saturated carbocycles. The van der Waals surface area contributed by atoms with Gasteiger partial charge in [-0.05, 0) is 44.5 Å². The van der Waals surface area contributed by atoms with E-state index in [9.17, 15) is 0 Å². The Bertz CT molecular complexity index is 1100. The van der Waals surface area contributed by atoms with E-state index in [1.54, 1.807) is 0 Å². The monoisotopic (exact) mass is 414 g/mol. The van der Waals surface area contributed by atoms with Gasteiger partial charge in [-0.25, -0.2) is 0 Å². The van der Waals surface area contributed by atoms with Crippen LogP contribution in [0.4, 0.5) is 0 Å². The summed E-state index contributed by atoms with van der Waals surface area (Å²) in [4.78, 5) is 0. The molecule has 2 heteroatoms. The molecule has 4 aromatic carbocycles. The second kappa shape index (κ2) is 7.37. The van der Waals surface area contributed by atoms with Crippen molar-refractivity contribution in [1.29, 1.82) is 0 Å². The molecule has 0 radical (unpaired) electrons. The van der Waals surface area contributed by atoms with Crippen LogP contribution in [-0.4, -0.2) is 0 Å². The van der Waals surface area contributed by atoms with Gasteiger partial charge >= 0.3 is 0 Å². The third-order valence-electron chi connectivity index (χ3n) is 5.98. The molecular weight excluding hydrogens is 395 g/mol. The van der Waals surface area contributed by atoms with Crippen LogP contribution in [0.25, 0.3) is 11.1 Å². The van der Waals surface area contributed by atoms with Crippen LogP contribution >= 0.6 is 23.2 Å². The van der Waals surface area contributed by atoms with Crippen molar-refractivity contribution in [3.8, 4) is 11.1 Å². The minimum Gasteiger partial charge on any atom is -0.122 e. The van der Waals surface area contributed by atoms with Gasteiger partial charge in [-0.3, -0.25) is 0 Å². The summed E-state index contributed by atoms with van der Waals surface area (Å²) in [5.41, 5.74) is 9.51. The number of halogens is 2. The first kappa shape index (κ1) is 18.5. The molecule has 0 spiro atoms. The van der Waals surface area contributed by atoms with E-state index in [0.717, 1.165) is 11.1 Å². The van der Waals surface area contributed by atoms with Gasteiger partial charge in [-0.2, -0.15) is 0 Å². The lowest BCUT2D eigenvalue weighted by Crippen LogP contribution is -2.28. The number of benzene rings is 4. The Morgan fingerprint density at radius 2 is 0.966 bits per heavy atom. The van der Waals surface area contributed by atoms with Gasteiger partial charge in [-0.15, -0.1) is 23.2 Å². The Labute approximate surface area is 181 Å². The van der Waals surface area contributed by atoms with E-state index < -0.39 is 5.41 Å². The molecule has 5 rings (SSSR count). The molecule has 0 amide bonds. The summed E-state index contributed by atoms with van der Waals surface area (Å²) in [5, 5.41) is 0. The fraction of sp³-hybridized carbons (Fsp3) is 0.111. The SMILES string of the molecule is ClCc1cccc(C2(c3cccc(CCl)c3)c3ccccc3-c3ccccc32)c1. The van der Waals surface area contributed by atoms with E-state index >= 15 is 0 Å². The summed E-state index contributed by atoms with van der Waals surface area (Å²) in [7, 11) is 0. The lowest BCUT2D eigenvalue weighted by Gasteiger charge is -2.34. The van der Waals surface area contributed by atoms with Gasteiger partial charge < -0.3 is 0 Å². The Morgan fingerprint density at radius 3 is 1.41 bits per heavy atom. The molecule has 0 bridgehead atoms. The van der Waals surface area contributed by atoms with Crippen molar-refractivity contribution in [1.82, 2.24) is 0 Å². The molecule has 0 saturated heterocycles. The Hall–Kier alpha value is -2.54. The number of alkyl halides is 2. The van der Waals surface area contributed by atoms with E-state index in [4.69, 9.17) is 23.2 Å². The normalized spacial score (nSPS) is 13.7. The van der Waals surface area contributed by atoms with Crippen molar-refractivity contribution in [3.63, 3.8) is 0 Å². The molecule has 1 aliphatic carbocycles. The second-order valence-corrected chi connectivity index (χ2v) is 8.04. The van der Waals surface area contributed by atoms with E-state index in [2.05, 4.69) is 97.1 Å². The van der Waals surface area contributed by atoms with E-state index in [1.807, 2.05) is 0 Å². The van der Waals surface area contributed by atoms with Gasteiger partial charge in [0.05, 0.1) is 5.41 Å². The van der Waals surface area contributed by atoms with Gasteiger partial charge in [0.15, 0.2) is 0 Å². The van der Waals surface area contributed by atoms with Crippen molar-refractivity contribution >= 4 is 23.2 Å². The highest BCUT2D eigenvalue weighted by atomic mass is 35.5. The van der Waals surface area contributed by atoms with E-state index in [0.29, 0.717) is 11.8 Å². The molecule has 0 unspecified atom stereocenters. The lowest BCUT2D eigenvalue weighted by atomic mass is 9.67. The lowest BCUT2D eigenvalue weighted by molar-refractivity contribution is 0.765. The van der Waals surface area contributed by atoms with Gasteiger partial charge in [0.25, 0.3) is 0 Å². The molecule has 1 aliphatic rings. The molecule has 0 aliphatic heterocycles. The van der Waals surface area contributed by atoms with Crippen molar-refractivity contribution in [2.24, 2.45) is 0 Å². The van der Waals surface area contributed by atoms with Gasteiger partial charge in [0.2, 0.25) is 0 Å². The number of rotatable bonds is 4. The molecule has 0 aromatic heterocycles. The zero-order valence-electron chi connectivity index (χ0n) is 15.9. The predicted molar refractivity (Wildman–Crippen MR) is 123 cm³/mol. The highest BCUT2D eigenvalue weighted by Crippen LogP contribution is 2.56. The molecule has 142 valence electrons. The van der Waals surface area contributed by atoms with Crippen LogP contribution in [0.15, 0.2) is 97.1 Å². The maximum Gasteiger partial charge on any atom is 0.0713 e. The fourth-order valence-corrected chi connectivity index (χ4v) is 5.13. The second-order valence-electron chi connectivity index (χ2n) is 7.51. The maximum atomic E-state index is 6.23. The summed E-state index contributed by atoms with van der Waals surface area (Å²) < 4.78 is 0. The Morgan fingerprint density at radius 1 is 0.517 bits per heavy atom. The summed E-state index contributed by atoms with van der Waals surface area (Å²) >= 11 is 12.5. The number of hydrogen-bond donors (Lipinski definition) is 0. The first-order valence-electron chi connectivity index (χ1n) is 9.79. The van der Waals surface area contributed by atoms with Crippen LogP contribution in [0.1, 0.15) is 33.4 Å². The average molecular weight is 415 g/mol. The highest BCUT2D eigenvalue weighted by Gasteiger charge is 2.45. The van der Waals surface area contributed by atoms with Crippen molar-refractivity contribution in [2.45, 2.75) is 17.2 Å². The van der Waals surface area contributed by atoms with Crippen LogP contribution in [-0.2, 0) is 17.2 Å².